The summed E-state index contributed by atoms with van der Waals surface area (Å²) in [4.78, 5) is 16.2. The van der Waals surface area contributed by atoms with Crippen LogP contribution in [0.2, 0.25) is 0 Å². The fourth-order valence-electron chi connectivity index (χ4n) is 2.88. The smallest absolute Gasteiger partial charge is 0.230 e. The van der Waals surface area contributed by atoms with Gasteiger partial charge in [-0.2, -0.15) is 5.10 Å². The van der Waals surface area contributed by atoms with E-state index in [9.17, 15) is 4.79 Å². The molecule has 1 saturated carbocycles. The molecule has 1 aliphatic rings. The minimum Gasteiger partial charge on any atom is -0.351 e. The number of carbonyl (C=O) groups is 1. The van der Waals surface area contributed by atoms with Crippen molar-refractivity contribution in [3.05, 3.63) is 36.3 Å². The van der Waals surface area contributed by atoms with Crippen LogP contribution in [0, 0.1) is 0 Å². The van der Waals surface area contributed by atoms with Crippen molar-refractivity contribution >= 4 is 17.7 Å². The fourth-order valence-corrected chi connectivity index (χ4v) is 4.04. The van der Waals surface area contributed by atoms with Crippen molar-refractivity contribution in [3.8, 4) is 11.3 Å². The van der Waals surface area contributed by atoms with Crippen molar-refractivity contribution in [2.75, 3.05) is 5.75 Å². The van der Waals surface area contributed by atoms with E-state index in [1.54, 1.807) is 24.2 Å². The topological polar surface area (TPSA) is 59.8 Å². The van der Waals surface area contributed by atoms with Crippen molar-refractivity contribution in [2.45, 2.75) is 37.5 Å². The lowest BCUT2D eigenvalue weighted by Gasteiger charge is -2.10. The summed E-state index contributed by atoms with van der Waals surface area (Å²) in [6.07, 6.45) is 10.5. The van der Waals surface area contributed by atoms with Gasteiger partial charge in [0.15, 0.2) is 0 Å². The van der Waals surface area contributed by atoms with Crippen molar-refractivity contribution in [2.24, 2.45) is 7.05 Å². The third-order valence-corrected chi connectivity index (χ3v) is 5.53. The van der Waals surface area contributed by atoms with Gasteiger partial charge in [-0.05, 0) is 30.5 Å². The molecule has 6 heteroatoms. The number of amides is 1. The molecule has 1 fully saturated rings. The van der Waals surface area contributed by atoms with E-state index in [-0.39, 0.29) is 5.91 Å². The molecule has 2 aromatic rings. The Hall–Kier alpha value is -1.82. The summed E-state index contributed by atoms with van der Waals surface area (Å²) in [5, 5.41) is 7.84. The Morgan fingerprint density at radius 3 is 2.96 bits per heavy atom. The van der Waals surface area contributed by atoms with Gasteiger partial charge in [0.05, 0.1) is 11.4 Å². The zero-order valence-corrected chi connectivity index (χ0v) is 14.2. The Balaban J connectivity index is 1.52. The Morgan fingerprint density at radius 2 is 2.22 bits per heavy atom. The first-order valence-electron chi connectivity index (χ1n) is 8.03. The van der Waals surface area contributed by atoms with Gasteiger partial charge in [-0.3, -0.25) is 14.5 Å². The molecule has 0 bridgehead atoms. The molecule has 0 spiro atoms. The van der Waals surface area contributed by atoms with Crippen LogP contribution in [0.5, 0.6) is 0 Å². The quantitative estimate of drug-likeness (QED) is 0.885. The average Bonchev–Trinajstić information content (AvgIpc) is 3.22. The number of nitrogens with zero attached hydrogens (tertiary/aromatic N) is 3. The molecule has 2 aromatic heterocycles. The largest absolute Gasteiger partial charge is 0.351 e. The highest BCUT2D eigenvalue weighted by molar-refractivity contribution is 8.00. The summed E-state index contributed by atoms with van der Waals surface area (Å²) in [5.74, 6) is 0.660. The predicted octanol–water partition coefficient (Wildman–Crippen LogP) is 2.77. The highest BCUT2D eigenvalue weighted by atomic mass is 32.2. The van der Waals surface area contributed by atoms with Gasteiger partial charge in [-0.25, -0.2) is 0 Å². The van der Waals surface area contributed by atoms with Gasteiger partial charge in [0.2, 0.25) is 5.91 Å². The molecule has 2 heterocycles. The summed E-state index contributed by atoms with van der Waals surface area (Å²) in [7, 11) is 1.91. The van der Waals surface area contributed by atoms with Crippen LogP contribution in [0.1, 0.15) is 31.2 Å². The molecule has 0 unspecified atom stereocenters. The van der Waals surface area contributed by atoms with E-state index in [2.05, 4.69) is 21.5 Å². The zero-order chi connectivity index (χ0) is 16.1. The van der Waals surface area contributed by atoms with E-state index >= 15 is 0 Å². The second-order valence-electron chi connectivity index (χ2n) is 5.92. The van der Waals surface area contributed by atoms with E-state index in [0.29, 0.717) is 17.5 Å². The van der Waals surface area contributed by atoms with E-state index in [4.69, 9.17) is 0 Å². The molecule has 1 amide bonds. The zero-order valence-electron chi connectivity index (χ0n) is 13.4. The Bertz CT molecular complexity index is 664. The number of rotatable bonds is 6. The summed E-state index contributed by atoms with van der Waals surface area (Å²) in [5.41, 5.74) is 3.03. The lowest BCUT2D eigenvalue weighted by atomic mass is 10.1. The second-order valence-corrected chi connectivity index (χ2v) is 7.20. The van der Waals surface area contributed by atoms with Crippen molar-refractivity contribution in [3.63, 3.8) is 0 Å². The third-order valence-electron chi connectivity index (χ3n) is 4.15. The second kappa shape index (κ2) is 7.64. The van der Waals surface area contributed by atoms with Gasteiger partial charge in [0.25, 0.3) is 0 Å². The minimum absolute atomic E-state index is 0.104. The van der Waals surface area contributed by atoms with Gasteiger partial charge in [-0.1, -0.05) is 12.8 Å². The summed E-state index contributed by atoms with van der Waals surface area (Å²) < 4.78 is 1.82. The molecule has 0 aliphatic heterocycles. The van der Waals surface area contributed by atoms with Crippen LogP contribution in [-0.2, 0) is 18.4 Å². The van der Waals surface area contributed by atoms with Gasteiger partial charge in [-0.15, -0.1) is 11.8 Å². The first kappa shape index (κ1) is 16.1. The molecule has 0 saturated heterocycles. The molecule has 1 aliphatic carbocycles. The van der Waals surface area contributed by atoms with Crippen molar-refractivity contribution < 1.29 is 4.79 Å². The van der Waals surface area contributed by atoms with Crippen LogP contribution in [0.4, 0.5) is 0 Å². The first-order valence-corrected chi connectivity index (χ1v) is 9.08. The standard InChI is InChI=1S/C17H22N4OS/c1-21-16(6-7-20-21)14-8-13(9-18-11-14)10-19-17(22)12-23-15-4-2-3-5-15/h6-9,11,15H,2-5,10,12H2,1H3,(H,19,22). The predicted molar refractivity (Wildman–Crippen MR) is 93.0 cm³/mol. The van der Waals surface area contributed by atoms with E-state index in [1.165, 1.54) is 25.7 Å². The monoisotopic (exact) mass is 330 g/mol. The maximum absolute atomic E-state index is 12.0. The van der Waals surface area contributed by atoms with Crippen molar-refractivity contribution in [1.82, 2.24) is 20.1 Å². The average molecular weight is 330 g/mol. The Kier molecular flexibility index (Phi) is 5.33. The Morgan fingerprint density at radius 1 is 1.39 bits per heavy atom. The maximum Gasteiger partial charge on any atom is 0.230 e. The van der Waals surface area contributed by atoms with Gasteiger partial charge in [0, 0.05) is 43.0 Å². The lowest BCUT2D eigenvalue weighted by molar-refractivity contribution is -0.118. The van der Waals surface area contributed by atoms with Gasteiger partial charge in [0.1, 0.15) is 0 Å². The summed E-state index contributed by atoms with van der Waals surface area (Å²) in [6.45, 7) is 0.517. The molecule has 1 N–H and O–H groups in total. The number of aryl methyl sites for hydroxylation is 1. The van der Waals surface area contributed by atoms with Crippen LogP contribution in [0.25, 0.3) is 11.3 Å². The number of hydrogen-bond donors (Lipinski definition) is 1. The molecular formula is C17H22N4OS. The highest BCUT2D eigenvalue weighted by Gasteiger charge is 2.16. The van der Waals surface area contributed by atoms with Crippen LogP contribution in [0.15, 0.2) is 30.7 Å². The van der Waals surface area contributed by atoms with Crippen LogP contribution in [-0.4, -0.2) is 31.7 Å². The lowest BCUT2D eigenvalue weighted by Crippen LogP contribution is -2.25. The van der Waals surface area contributed by atoms with Crippen LogP contribution in [0.3, 0.4) is 0 Å². The van der Waals surface area contributed by atoms with Gasteiger partial charge < -0.3 is 5.32 Å². The molecule has 5 nitrogen and oxygen atoms in total. The van der Waals surface area contributed by atoms with Crippen LogP contribution >= 0.6 is 11.8 Å². The molecule has 0 aromatic carbocycles. The number of thioether (sulfide) groups is 1. The Labute approximate surface area is 140 Å². The molecular weight excluding hydrogens is 308 g/mol. The van der Waals surface area contributed by atoms with E-state index in [1.807, 2.05) is 24.0 Å². The number of nitrogens with one attached hydrogen (secondary N) is 1. The molecule has 3 rings (SSSR count). The number of aromatic nitrogens is 3. The summed E-state index contributed by atoms with van der Waals surface area (Å²) >= 11 is 1.79. The van der Waals surface area contributed by atoms with E-state index < -0.39 is 0 Å². The first-order chi connectivity index (χ1) is 11.2. The van der Waals surface area contributed by atoms with E-state index in [0.717, 1.165) is 16.8 Å². The highest BCUT2D eigenvalue weighted by Crippen LogP contribution is 2.29. The molecule has 0 radical (unpaired) electrons. The SMILES string of the molecule is Cn1nccc1-c1cncc(CNC(=O)CSC2CCCC2)c1. The van der Waals surface area contributed by atoms with Crippen LogP contribution < -0.4 is 5.32 Å². The number of pyridine rings is 1. The fraction of sp³-hybridized carbons (Fsp3) is 0.471. The van der Waals surface area contributed by atoms with Crippen molar-refractivity contribution in [1.29, 1.82) is 0 Å². The number of hydrogen-bond acceptors (Lipinski definition) is 4. The molecule has 0 atom stereocenters. The molecule has 122 valence electrons. The third kappa shape index (κ3) is 4.34. The number of carbonyl (C=O) groups excluding carboxylic acids is 1. The molecule has 23 heavy (non-hydrogen) atoms. The minimum atomic E-state index is 0.104. The summed E-state index contributed by atoms with van der Waals surface area (Å²) in [6, 6.07) is 4.01. The van der Waals surface area contributed by atoms with Gasteiger partial charge >= 0.3 is 0 Å². The maximum atomic E-state index is 12.0. The normalized spacial score (nSPS) is 15.0.